The zero-order valence-electron chi connectivity index (χ0n) is 18.6. The summed E-state index contributed by atoms with van der Waals surface area (Å²) in [6.45, 7) is 6.08. The number of aryl methyl sites for hydroxylation is 5. The van der Waals surface area contributed by atoms with Gasteiger partial charge >= 0.3 is 0 Å². The van der Waals surface area contributed by atoms with Crippen LogP contribution in [0.4, 0.5) is 5.69 Å². The van der Waals surface area contributed by atoms with E-state index in [0.29, 0.717) is 5.56 Å². The lowest BCUT2D eigenvalue weighted by molar-refractivity contribution is 0.102. The summed E-state index contributed by atoms with van der Waals surface area (Å²) < 4.78 is 0. The van der Waals surface area contributed by atoms with Crippen LogP contribution in [0, 0.1) is 20.8 Å². The van der Waals surface area contributed by atoms with Crippen molar-refractivity contribution in [2.75, 3.05) is 5.32 Å². The first-order chi connectivity index (χ1) is 15.0. The van der Waals surface area contributed by atoms with Gasteiger partial charge in [-0.3, -0.25) is 4.79 Å². The highest BCUT2D eigenvalue weighted by Crippen LogP contribution is 2.43. The molecule has 0 fully saturated rings. The summed E-state index contributed by atoms with van der Waals surface area (Å²) in [4.78, 5) is 21.1. The van der Waals surface area contributed by atoms with Gasteiger partial charge in [-0.05, 0) is 69.2 Å². The standard InChI is InChI=1S/C27H26N2OS.ClH/c1-16-9-8-11-19(15-16)24-23(26(30)29-21-13-6-4-10-17(21)2)18(3)28-27-25(24)20-12-5-7-14-22(20)31-27;/h4,6,8-11,13,15H,5,7,12,14H2,1-3H3,(H,29,30);1H. The number of anilines is 1. The van der Waals surface area contributed by atoms with Gasteiger partial charge in [-0.15, -0.1) is 23.7 Å². The van der Waals surface area contributed by atoms with E-state index in [1.54, 1.807) is 0 Å². The van der Waals surface area contributed by atoms with Crippen molar-refractivity contribution < 1.29 is 4.79 Å². The number of carbonyl (C=O) groups is 1. The molecule has 32 heavy (non-hydrogen) atoms. The van der Waals surface area contributed by atoms with Crippen molar-refractivity contribution in [2.24, 2.45) is 0 Å². The number of hydrogen-bond donors (Lipinski definition) is 1. The molecule has 0 atom stereocenters. The molecule has 5 heteroatoms. The van der Waals surface area contributed by atoms with Crippen molar-refractivity contribution in [1.29, 1.82) is 0 Å². The van der Waals surface area contributed by atoms with Crippen LogP contribution >= 0.6 is 23.7 Å². The van der Waals surface area contributed by atoms with E-state index in [1.165, 1.54) is 34.2 Å². The molecule has 0 radical (unpaired) electrons. The number of thiophene rings is 1. The number of aromatic nitrogens is 1. The van der Waals surface area contributed by atoms with Crippen LogP contribution in [0.5, 0.6) is 0 Å². The van der Waals surface area contributed by atoms with E-state index in [0.717, 1.165) is 45.7 Å². The molecule has 1 N–H and O–H groups in total. The number of fused-ring (bicyclic) bond motifs is 3. The number of rotatable bonds is 3. The number of halogens is 1. The third kappa shape index (κ3) is 3.94. The Morgan fingerprint density at radius 3 is 2.56 bits per heavy atom. The van der Waals surface area contributed by atoms with Gasteiger partial charge in [0.25, 0.3) is 5.91 Å². The number of benzene rings is 2. The molecule has 0 unspecified atom stereocenters. The Kier molecular flexibility index (Phi) is 6.36. The highest BCUT2D eigenvalue weighted by Gasteiger charge is 2.26. The second-order valence-electron chi connectivity index (χ2n) is 8.48. The van der Waals surface area contributed by atoms with Crippen LogP contribution in [0.3, 0.4) is 0 Å². The van der Waals surface area contributed by atoms with Crippen molar-refractivity contribution in [3.05, 3.63) is 81.4 Å². The molecular formula is C27H27ClN2OS. The maximum absolute atomic E-state index is 13.7. The number of nitrogens with one attached hydrogen (secondary N) is 1. The average Bonchev–Trinajstić information content (AvgIpc) is 3.12. The topological polar surface area (TPSA) is 42.0 Å². The summed E-state index contributed by atoms with van der Waals surface area (Å²) in [5.41, 5.74) is 8.09. The molecule has 4 aromatic rings. The number of hydrogen-bond acceptors (Lipinski definition) is 3. The van der Waals surface area contributed by atoms with E-state index in [-0.39, 0.29) is 18.3 Å². The predicted molar refractivity (Wildman–Crippen MR) is 138 cm³/mol. The molecule has 1 amide bonds. The lowest BCUT2D eigenvalue weighted by Crippen LogP contribution is -2.16. The van der Waals surface area contributed by atoms with Crippen LogP contribution in [-0.2, 0) is 12.8 Å². The second-order valence-corrected chi connectivity index (χ2v) is 9.56. The zero-order valence-corrected chi connectivity index (χ0v) is 20.3. The van der Waals surface area contributed by atoms with Crippen molar-refractivity contribution in [2.45, 2.75) is 46.5 Å². The Hall–Kier alpha value is -2.69. The number of carbonyl (C=O) groups excluding carboxylic acids is 1. The number of amides is 1. The molecule has 1 aliphatic rings. The van der Waals surface area contributed by atoms with Gasteiger partial charge in [0.05, 0.1) is 11.3 Å². The molecule has 2 aromatic heterocycles. The minimum Gasteiger partial charge on any atom is -0.322 e. The molecule has 2 aromatic carbocycles. The first-order valence-corrected chi connectivity index (χ1v) is 11.7. The van der Waals surface area contributed by atoms with Gasteiger partial charge in [-0.2, -0.15) is 0 Å². The van der Waals surface area contributed by atoms with Crippen LogP contribution in [0.15, 0.2) is 48.5 Å². The average molecular weight is 463 g/mol. The second kappa shape index (κ2) is 9.05. The maximum Gasteiger partial charge on any atom is 0.258 e. The number of nitrogens with zero attached hydrogens (tertiary/aromatic N) is 1. The highest BCUT2D eigenvalue weighted by molar-refractivity contribution is 7.19. The third-order valence-electron chi connectivity index (χ3n) is 6.21. The van der Waals surface area contributed by atoms with Crippen LogP contribution < -0.4 is 5.32 Å². The first-order valence-electron chi connectivity index (χ1n) is 10.9. The smallest absolute Gasteiger partial charge is 0.258 e. The van der Waals surface area contributed by atoms with Gasteiger partial charge in [-0.1, -0.05) is 48.0 Å². The van der Waals surface area contributed by atoms with Crippen molar-refractivity contribution >= 4 is 45.6 Å². The summed E-state index contributed by atoms with van der Waals surface area (Å²) in [5.74, 6) is -0.0894. The molecule has 3 nitrogen and oxygen atoms in total. The minimum absolute atomic E-state index is 0. The van der Waals surface area contributed by atoms with Crippen molar-refractivity contribution in [1.82, 2.24) is 4.98 Å². The van der Waals surface area contributed by atoms with E-state index in [1.807, 2.05) is 49.4 Å². The molecule has 0 saturated carbocycles. The Bertz CT molecular complexity index is 1320. The summed E-state index contributed by atoms with van der Waals surface area (Å²) in [6.07, 6.45) is 4.62. The normalized spacial score (nSPS) is 12.8. The molecule has 0 saturated heterocycles. The molecule has 2 heterocycles. The van der Waals surface area contributed by atoms with Crippen LogP contribution in [-0.4, -0.2) is 10.9 Å². The zero-order chi connectivity index (χ0) is 21.5. The van der Waals surface area contributed by atoms with Crippen LogP contribution in [0.2, 0.25) is 0 Å². The Morgan fingerprint density at radius 1 is 1.00 bits per heavy atom. The molecule has 1 aliphatic carbocycles. The monoisotopic (exact) mass is 462 g/mol. The fraction of sp³-hybridized carbons (Fsp3) is 0.259. The number of pyridine rings is 1. The molecule has 0 bridgehead atoms. The summed E-state index contributed by atoms with van der Waals surface area (Å²) in [6, 6.07) is 16.4. The van der Waals surface area contributed by atoms with E-state index in [9.17, 15) is 4.79 Å². The van der Waals surface area contributed by atoms with Crippen molar-refractivity contribution in [3.63, 3.8) is 0 Å². The fourth-order valence-electron chi connectivity index (χ4n) is 4.67. The van der Waals surface area contributed by atoms with Crippen LogP contribution in [0.25, 0.3) is 21.3 Å². The Balaban J connectivity index is 0.00000245. The molecule has 5 rings (SSSR count). The summed E-state index contributed by atoms with van der Waals surface area (Å²) >= 11 is 1.81. The van der Waals surface area contributed by atoms with Gasteiger partial charge in [0.15, 0.2) is 0 Å². The van der Waals surface area contributed by atoms with Gasteiger partial charge in [-0.25, -0.2) is 4.98 Å². The quantitative estimate of drug-likeness (QED) is 0.343. The predicted octanol–water partition coefficient (Wildman–Crippen LogP) is 7.44. The molecular weight excluding hydrogens is 436 g/mol. The van der Waals surface area contributed by atoms with E-state index >= 15 is 0 Å². The maximum atomic E-state index is 13.7. The summed E-state index contributed by atoms with van der Waals surface area (Å²) in [5, 5.41) is 4.34. The Morgan fingerprint density at radius 2 is 1.78 bits per heavy atom. The van der Waals surface area contributed by atoms with Gasteiger partial charge in [0.1, 0.15) is 4.83 Å². The fourth-order valence-corrected chi connectivity index (χ4v) is 5.98. The van der Waals surface area contributed by atoms with Crippen LogP contribution in [0.1, 0.15) is 50.5 Å². The van der Waals surface area contributed by atoms with Crippen molar-refractivity contribution in [3.8, 4) is 11.1 Å². The molecule has 0 aliphatic heterocycles. The van der Waals surface area contributed by atoms with E-state index in [2.05, 4.69) is 36.5 Å². The SMILES string of the molecule is Cc1cccc(-c2c(C(=O)Nc3ccccc3C)c(C)nc3sc4c(c23)CCCC4)c1.Cl. The van der Waals surface area contributed by atoms with Gasteiger partial charge in [0, 0.05) is 21.5 Å². The lowest BCUT2D eigenvalue weighted by Gasteiger charge is -2.17. The third-order valence-corrected chi connectivity index (χ3v) is 7.40. The summed E-state index contributed by atoms with van der Waals surface area (Å²) in [7, 11) is 0. The Labute approximate surface area is 199 Å². The largest absolute Gasteiger partial charge is 0.322 e. The minimum atomic E-state index is -0.0894. The first kappa shape index (κ1) is 22.5. The highest BCUT2D eigenvalue weighted by atomic mass is 35.5. The van der Waals surface area contributed by atoms with Gasteiger partial charge < -0.3 is 5.32 Å². The number of para-hydroxylation sites is 1. The van der Waals surface area contributed by atoms with E-state index < -0.39 is 0 Å². The van der Waals surface area contributed by atoms with E-state index in [4.69, 9.17) is 4.98 Å². The molecule has 0 spiro atoms. The molecule has 164 valence electrons. The lowest BCUT2D eigenvalue weighted by atomic mass is 9.89. The van der Waals surface area contributed by atoms with Gasteiger partial charge in [0.2, 0.25) is 0 Å².